The lowest BCUT2D eigenvalue weighted by Gasteiger charge is -2.22. The predicted molar refractivity (Wildman–Crippen MR) is 93.2 cm³/mol. The Hall–Kier alpha value is -2.13. The summed E-state index contributed by atoms with van der Waals surface area (Å²) in [5.74, 6) is -0.176. The number of benzene rings is 2. The molecule has 0 saturated heterocycles. The highest BCUT2D eigenvalue weighted by Gasteiger charge is 2.17. The molecule has 0 aromatic heterocycles. The number of rotatable bonds is 6. The fraction of sp³-hybridized carbons (Fsp3) is 0.350. The molecule has 3 heteroatoms. The van der Waals surface area contributed by atoms with Gasteiger partial charge in [-0.2, -0.15) is 0 Å². The van der Waals surface area contributed by atoms with E-state index in [2.05, 4.69) is 29.6 Å². The minimum atomic E-state index is -0.435. The highest BCUT2D eigenvalue weighted by Crippen LogP contribution is 2.21. The maximum Gasteiger partial charge on any atom is 0.307 e. The first-order valence-corrected chi connectivity index (χ1v) is 8.01. The zero-order valence-corrected chi connectivity index (χ0v) is 14.1. The summed E-state index contributed by atoms with van der Waals surface area (Å²) in [5.41, 5.74) is 1.93. The fourth-order valence-corrected chi connectivity index (χ4v) is 2.43. The second-order valence-electron chi connectivity index (χ2n) is 6.54. The minimum Gasteiger partial charge on any atom is -0.460 e. The number of carbonyl (C=O) groups excluding carboxylic acids is 1. The van der Waals surface area contributed by atoms with E-state index >= 15 is 0 Å². The summed E-state index contributed by atoms with van der Waals surface area (Å²) in [7, 11) is 0. The van der Waals surface area contributed by atoms with Crippen molar-refractivity contribution in [2.24, 2.45) is 0 Å². The quantitative estimate of drug-likeness (QED) is 0.816. The molecular weight excluding hydrogens is 286 g/mol. The monoisotopic (exact) mass is 311 g/mol. The number of ether oxygens (including phenoxy) is 1. The van der Waals surface area contributed by atoms with E-state index in [-0.39, 0.29) is 12.0 Å². The van der Waals surface area contributed by atoms with Crippen molar-refractivity contribution in [3.8, 4) is 0 Å². The molecule has 0 aliphatic carbocycles. The summed E-state index contributed by atoms with van der Waals surface area (Å²) in [6.45, 7) is 6.22. The van der Waals surface area contributed by atoms with Crippen LogP contribution in [0.15, 0.2) is 60.7 Å². The lowest BCUT2D eigenvalue weighted by molar-refractivity contribution is -0.154. The molecule has 122 valence electrons. The molecule has 2 aromatic rings. The standard InChI is InChI=1S/C20H25NO2/c1-20(2,3)23-18(22)14-15-21-19(16-10-6-4-7-11-16)17-12-8-5-9-13-17/h4-13,19,21H,14-15H2,1-3H3. The maximum atomic E-state index is 11.9. The second-order valence-corrected chi connectivity index (χ2v) is 6.54. The van der Waals surface area contributed by atoms with Crippen molar-refractivity contribution in [1.29, 1.82) is 0 Å². The summed E-state index contributed by atoms with van der Waals surface area (Å²) in [6, 6.07) is 20.6. The highest BCUT2D eigenvalue weighted by molar-refractivity contribution is 5.70. The van der Waals surface area contributed by atoms with Crippen molar-refractivity contribution < 1.29 is 9.53 Å². The van der Waals surface area contributed by atoms with Gasteiger partial charge in [0.15, 0.2) is 0 Å². The Balaban J connectivity index is 2.01. The van der Waals surface area contributed by atoms with E-state index in [9.17, 15) is 4.79 Å². The van der Waals surface area contributed by atoms with Crippen LogP contribution in [0.1, 0.15) is 44.4 Å². The van der Waals surface area contributed by atoms with Crippen LogP contribution in [-0.4, -0.2) is 18.1 Å². The Kier molecular flexibility index (Phi) is 5.94. The topological polar surface area (TPSA) is 38.3 Å². The Morgan fingerprint density at radius 3 is 1.87 bits per heavy atom. The van der Waals surface area contributed by atoms with Crippen LogP contribution in [0.5, 0.6) is 0 Å². The predicted octanol–water partition coefficient (Wildman–Crippen LogP) is 4.10. The van der Waals surface area contributed by atoms with Crippen molar-refractivity contribution in [1.82, 2.24) is 5.32 Å². The molecule has 0 spiro atoms. The van der Waals surface area contributed by atoms with E-state index in [1.807, 2.05) is 57.2 Å². The van der Waals surface area contributed by atoms with Gasteiger partial charge in [-0.05, 0) is 31.9 Å². The van der Waals surface area contributed by atoms with E-state index in [1.165, 1.54) is 11.1 Å². The molecule has 0 radical (unpaired) electrons. The van der Waals surface area contributed by atoms with Crippen molar-refractivity contribution in [2.45, 2.75) is 38.8 Å². The van der Waals surface area contributed by atoms with Gasteiger partial charge in [0.2, 0.25) is 0 Å². The zero-order valence-electron chi connectivity index (χ0n) is 14.1. The first-order chi connectivity index (χ1) is 11.0. The van der Waals surface area contributed by atoms with Gasteiger partial charge >= 0.3 is 5.97 Å². The number of nitrogens with one attached hydrogen (secondary N) is 1. The van der Waals surface area contributed by atoms with Gasteiger partial charge in [0.05, 0.1) is 12.5 Å². The van der Waals surface area contributed by atoms with Gasteiger partial charge < -0.3 is 10.1 Å². The van der Waals surface area contributed by atoms with Crippen molar-refractivity contribution in [2.75, 3.05) is 6.54 Å². The Labute approximate surface area is 138 Å². The summed E-state index contributed by atoms with van der Waals surface area (Å²) in [6.07, 6.45) is 0.355. The third-order valence-electron chi connectivity index (χ3n) is 3.36. The molecule has 3 nitrogen and oxygen atoms in total. The van der Waals surface area contributed by atoms with Crippen LogP contribution in [-0.2, 0) is 9.53 Å². The van der Waals surface area contributed by atoms with Crippen LogP contribution in [0.25, 0.3) is 0 Å². The lowest BCUT2D eigenvalue weighted by Crippen LogP contribution is -2.29. The number of hydrogen-bond acceptors (Lipinski definition) is 3. The van der Waals surface area contributed by atoms with Crippen LogP contribution in [0.3, 0.4) is 0 Å². The molecule has 0 aliphatic heterocycles. The summed E-state index contributed by atoms with van der Waals surface area (Å²) in [4.78, 5) is 11.9. The van der Waals surface area contributed by atoms with E-state index in [4.69, 9.17) is 4.74 Å². The van der Waals surface area contributed by atoms with Gasteiger partial charge in [-0.25, -0.2) is 0 Å². The van der Waals surface area contributed by atoms with Crippen molar-refractivity contribution in [3.63, 3.8) is 0 Å². The molecule has 0 aliphatic rings. The molecule has 0 atom stereocenters. The number of carbonyl (C=O) groups is 1. The lowest BCUT2D eigenvalue weighted by atomic mass is 9.99. The van der Waals surface area contributed by atoms with Crippen LogP contribution in [0.4, 0.5) is 0 Å². The van der Waals surface area contributed by atoms with Crippen molar-refractivity contribution >= 4 is 5.97 Å². The second kappa shape index (κ2) is 7.93. The molecule has 1 N–H and O–H groups in total. The molecule has 0 unspecified atom stereocenters. The fourth-order valence-electron chi connectivity index (χ4n) is 2.43. The van der Waals surface area contributed by atoms with E-state index in [1.54, 1.807) is 0 Å². The molecule has 0 fully saturated rings. The molecule has 2 aromatic carbocycles. The van der Waals surface area contributed by atoms with E-state index in [0.29, 0.717) is 13.0 Å². The highest BCUT2D eigenvalue weighted by atomic mass is 16.6. The van der Waals surface area contributed by atoms with Gasteiger partial charge in [-0.15, -0.1) is 0 Å². The summed E-state index contributed by atoms with van der Waals surface area (Å²) >= 11 is 0. The van der Waals surface area contributed by atoms with Crippen LogP contribution in [0.2, 0.25) is 0 Å². The van der Waals surface area contributed by atoms with Crippen LogP contribution >= 0.6 is 0 Å². The first kappa shape index (κ1) is 17.2. The Morgan fingerprint density at radius 1 is 0.957 bits per heavy atom. The van der Waals surface area contributed by atoms with Gasteiger partial charge in [0, 0.05) is 6.54 Å². The largest absolute Gasteiger partial charge is 0.460 e. The van der Waals surface area contributed by atoms with Crippen molar-refractivity contribution in [3.05, 3.63) is 71.8 Å². The van der Waals surface area contributed by atoms with Gasteiger partial charge in [0.25, 0.3) is 0 Å². The Bertz CT molecular complexity index is 563. The van der Waals surface area contributed by atoms with E-state index < -0.39 is 5.60 Å². The number of hydrogen-bond donors (Lipinski definition) is 1. The molecule has 0 bridgehead atoms. The molecule has 0 saturated carbocycles. The first-order valence-electron chi connectivity index (χ1n) is 8.01. The third-order valence-corrected chi connectivity index (χ3v) is 3.36. The SMILES string of the molecule is CC(C)(C)OC(=O)CCNC(c1ccccc1)c1ccccc1. The average Bonchev–Trinajstić information content (AvgIpc) is 2.51. The third kappa shape index (κ3) is 5.87. The summed E-state index contributed by atoms with van der Waals surface area (Å²) < 4.78 is 5.35. The molecule has 0 heterocycles. The van der Waals surface area contributed by atoms with Crippen LogP contribution < -0.4 is 5.32 Å². The van der Waals surface area contributed by atoms with Gasteiger partial charge in [0.1, 0.15) is 5.60 Å². The molecule has 2 rings (SSSR count). The normalized spacial score (nSPS) is 11.5. The maximum absolute atomic E-state index is 11.9. The summed E-state index contributed by atoms with van der Waals surface area (Å²) in [5, 5.41) is 3.47. The van der Waals surface area contributed by atoms with E-state index in [0.717, 1.165) is 0 Å². The minimum absolute atomic E-state index is 0.0693. The average molecular weight is 311 g/mol. The number of esters is 1. The Morgan fingerprint density at radius 2 is 1.43 bits per heavy atom. The van der Waals surface area contributed by atoms with Crippen LogP contribution in [0, 0.1) is 0 Å². The van der Waals surface area contributed by atoms with Gasteiger partial charge in [-0.3, -0.25) is 4.79 Å². The zero-order chi connectivity index (χ0) is 16.7. The van der Waals surface area contributed by atoms with Gasteiger partial charge in [-0.1, -0.05) is 60.7 Å². The molecule has 23 heavy (non-hydrogen) atoms. The molecular formula is C20H25NO2. The molecule has 0 amide bonds. The smallest absolute Gasteiger partial charge is 0.307 e.